The molecule has 1 amide bonds. The summed E-state index contributed by atoms with van der Waals surface area (Å²) in [6.45, 7) is 2.05. The molecule has 23 heavy (non-hydrogen) atoms. The number of nitrogens with one attached hydrogen (secondary N) is 1. The van der Waals surface area contributed by atoms with Crippen molar-refractivity contribution in [1.29, 1.82) is 0 Å². The van der Waals surface area contributed by atoms with Gasteiger partial charge in [0.2, 0.25) is 0 Å². The summed E-state index contributed by atoms with van der Waals surface area (Å²) in [5.41, 5.74) is 0.814. The van der Waals surface area contributed by atoms with Gasteiger partial charge in [-0.25, -0.2) is 0 Å². The fourth-order valence-electron chi connectivity index (χ4n) is 2.02. The molecular formula is C16H14ClF3N2O. The number of aryl methyl sites for hydroxylation is 1. The molecule has 2 aromatic rings. The van der Waals surface area contributed by atoms with E-state index in [1.807, 2.05) is 19.1 Å². The number of pyridine rings is 1. The van der Waals surface area contributed by atoms with Crippen LogP contribution in [0.3, 0.4) is 0 Å². The van der Waals surface area contributed by atoms with Crippen molar-refractivity contribution in [3.63, 3.8) is 0 Å². The summed E-state index contributed by atoms with van der Waals surface area (Å²) in [4.78, 5) is 15.7. The summed E-state index contributed by atoms with van der Waals surface area (Å²) in [5, 5.41) is 2.64. The largest absolute Gasteiger partial charge is 0.417 e. The Labute approximate surface area is 136 Å². The molecule has 122 valence electrons. The third kappa shape index (κ3) is 4.45. The zero-order valence-corrected chi connectivity index (χ0v) is 13.0. The Bertz CT molecular complexity index is 717. The normalized spacial score (nSPS) is 11.3. The number of hydrogen-bond donors (Lipinski definition) is 1. The van der Waals surface area contributed by atoms with Crippen LogP contribution < -0.4 is 5.32 Å². The minimum Gasteiger partial charge on any atom is -0.352 e. The molecule has 0 saturated heterocycles. The van der Waals surface area contributed by atoms with Gasteiger partial charge in [-0.3, -0.25) is 9.78 Å². The van der Waals surface area contributed by atoms with Crippen molar-refractivity contribution in [3.05, 3.63) is 63.9 Å². The number of aromatic nitrogens is 1. The molecule has 2 rings (SSSR count). The second-order valence-corrected chi connectivity index (χ2v) is 5.38. The molecule has 0 atom stereocenters. The van der Waals surface area contributed by atoms with E-state index >= 15 is 0 Å². The first-order chi connectivity index (χ1) is 10.8. The maximum absolute atomic E-state index is 12.5. The lowest BCUT2D eigenvalue weighted by atomic mass is 10.1. The zero-order valence-electron chi connectivity index (χ0n) is 12.2. The summed E-state index contributed by atoms with van der Waals surface area (Å²) in [7, 11) is 0. The van der Waals surface area contributed by atoms with E-state index in [1.165, 1.54) is 0 Å². The predicted molar refractivity (Wildman–Crippen MR) is 81.5 cm³/mol. The lowest BCUT2D eigenvalue weighted by Crippen LogP contribution is -2.26. The highest BCUT2D eigenvalue weighted by Crippen LogP contribution is 2.31. The summed E-state index contributed by atoms with van der Waals surface area (Å²) >= 11 is 5.82. The summed E-state index contributed by atoms with van der Waals surface area (Å²) in [6, 6.07) is 7.96. The molecule has 0 bridgehead atoms. The van der Waals surface area contributed by atoms with Gasteiger partial charge >= 0.3 is 6.18 Å². The Balaban J connectivity index is 1.97. The van der Waals surface area contributed by atoms with Gasteiger partial charge in [-0.05, 0) is 24.6 Å². The van der Waals surface area contributed by atoms with Gasteiger partial charge < -0.3 is 5.32 Å². The second-order valence-electron chi connectivity index (χ2n) is 4.97. The number of alkyl halides is 3. The lowest BCUT2D eigenvalue weighted by molar-refractivity contribution is -0.137. The lowest BCUT2D eigenvalue weighted by Gasteiger charge is -2.10. The molecule has 0 spiro atoms. The number of carbonyl (C=O) groups excluding carboxylic acids is 1. The van der Waals surface area contributed by atoms with Crippen molar-refractivity contribution in [2.45, 2.75) is 19.5 Å². The van der Waals surface area contributed by atoms with E-state index < -0.39 is 11.7 Å². The molecule has 1 aromatic heterocycles. The van der Waals surface area contributed by atoms with E-state index in [4.69, 9.17) is 11.6 Å². The van der Waals surface area contributed by atoms with Crippen LogP contribution in [0.5, 0.6) is 0 Å². The number of amides is 1. The van der Waals surface area contributed by atoms with Crippen LogP contribution in [0, 0.1) is 6.92 Å². The molecule has 1 aromatic carbocycles. The van der Waals surface area contributed by atoms with Crippen LogP contribution in [0.4, 0.5) is 13.2 Å². The smallest absolute Gasteiger partial charge is 0.352 e. The summed E-state index contributed by atoms with van der Waals surface area (Å²) in [5.74, 6) is -0.244. The molecule has 0 aliphatic rings. The van der Waals surface area contributed by atoms with Crippen molar-refractivity contribution >= 4 is 17.5 Å². The van der Waals surface area contributed by atoms with Crippen LogP contribution in [0.2, 0.25) is 5.02 Å². The van der Waals surface area contributed by atoms with Gasteiger partial charge in [-0.2, -0.15) is 13.2 Å². The molecular weight excluding hydrogens is 329 g/mol. The molecule has 0 unspecified atom stereocenters. The highest BCUT2D eigenvalue weighted by Gasteiger charge is 2.31. The number of benzene rings is 1. The minimum absolute atomic E-state index is 0.0648. The van der Waals surface area contributed by atoms with Crippen molar-refractivity contribution in [2.24, 2.45) is 0 Å². The fourth-order valence-corrected chi connectivity index (χ4v) is 2.28. The maximum atomic E-state index is 12.5. The highest BCUT2D eigenvalue weighted by atomic mass is 35.5. The SMILES string of the molecule is Cc1ccccc1C(=O)NCCc1ncc(C(F)(F)F)cc1Cl. The Morgan fingerprint density at radius 1 is 1.30 bits per heavy atom. The van der Waals surface area contributed by atoms with Crippen LogP contribution in [0.1, 0.15) is 27.2 Å². The molecule has 0 aliphatic carbocycles. The third-order valence-corrected chi connectivity index (χ3v) is 3.61. The van der Waals surface area contributed by atoms with Crippen molar-refractivity contribution in [1.82, 2.24) is 10.3 Å². The standard InChI is InChI=1S/C16H14ClF3N2O/c1-10-4-2-3-5-12(10)15(23)21-7-6-14-13(17)8-11(9-22-14)16(18,19)20/h2-5,8-9H,6-7H2,1H3,(H,21,23). The molecule has 0 aliphatic heterocycles. The van der Waals surface area contributed by atoms with Crippen LogP contribution in [0.25, 0.3) is 0 Å². The van der Waals surface area contributed by atoms with Crippen LogP contribution in [-0.2, 0) is 12.6 Å². The van der Waals surface area contributed by atoms with Gasteiger partial charge in [-0.1, -0.05) is 29.8 Å². The highest BCUT2D eigenvalue weighted by molar-refractivity contribution is 6.31. The van der Waals surface area contributed by atoms with E-state index in [0.717, 1.165) is 17.8 Å². The number of hydrogen-bond acceptors (Lipinski definition) is 2. The van der Waals surface area contributed by atoms with Gasteiger partial charge in [0.15, 0.2) is 0 Å². The van der Waals surface area contributed by atoms with Gasteiger partial charge in [0, 0.05) is 24.7 Å². The van der Waals surface area contributed by atoms with E-state index in [9.17, 15) is 18.0 Å². The third-order valence-electron chi connectivity index (χ3n) is 3.28. The number of rotatable bonds is 4. The first-order valence-corrected chi connectivity index (χ1v) is 7.22. The predicted octanol–water partition coefficient (Wildman–Crippen LogP) is 4.03. The summed E-state index contributed by atoms with van der Waals surface area (Å²) in [6.07, 6.45) is -3.49. The Morgan fingerprint density at radius 3 is 2.61 bits per heavy atom. The summed E-state index contributed by atoms with van der Waals surface area (Å²) < 4.78 is 37.6. The van der Waals surface area contributed by atoms with Gasteiger partial charge in [-0.15, -0.1) is 0 Å². The van der Waals surface area contributed by atoms with Crippen LogP contribution in [-0.4, -0.2) is 17.4 Å². The molecule has 0 saturated carbocycles. The average molecular weight is 343 g/mol. The Kier molecular flexibility index (Phi) is 5.26. The Morgan fingerprint density at radius 2 is 2.00 bits per heavy atom. The van der Waals surface area contributed by atoms with Gasteiger partial charge in [0.25, 0.3) is 5.91 Å². The van der Waals surface area contributed by atoms with E-state index in [1.54, 1.807) is 12.1 Å². The van der Waals surface area contributed by atoms with Gasteiger partial charge in [0.05, 0.1) is 16.3 Å². The first-order valence-electron chi connectivity index (χ1n) is 6.84. The molecule has 0 radical (unpaired) electrons. The van der Waals surface area contributed by atoms with Gasteiger partial charge in [0.1, 0.15) is 0 Å². The number of carbonyl (C=O) groups is 1. The first kappa shape index (κ1) is 17.3. The van der Waals surface area contributed by atoms with Crippen LogP contribution in [0.15, 0.2) is 36.5 Å². The molecule has 7 heteroatoms. The van der Waals surface area contributed by atoms with Crippen molar-refractivity contribution in [3.8, 4) is 0 Å². The Hall–Kier alpha value is -2.08. The second kappa shape index (κ2) is 7.00. The van der Waals surface area contributed by atoms with E-state index in [2.05, 4.69) is 10.3 Å². The van der Waals surface area contributed by atoms with E-state index in [0.29, 0.717) is 11.3 Å². The quantitative estimate of drug-likeness (QED) is 0.911. The molecule has 1 heterocycles. The topological polar surface area (TPSA) is 42.0 Å². The maximum Gasteiger partial charge on any atom is 0.417 e. The fraction of sp³-hybridized carbons (Fsp3) is 0.250. The number of halogens is 4. The van der Waals surface area contributed by atoms with E-state index in [-0.39, 0.29) is 23.9 Å². The zero-order chi connectivity index (χ0) is 17.0. The van der Waals surface area contributed by atoms with Crippen molar-refractivity contribution < 1.29 is 18.0 Å². The minimum atomic E-state index is -4.48. The number of nitrogens with zero attached hydrogens (tertiary/aromatic N) is 1. The van der Waals surface area contributed by atoms with Crippen LogP contribution >= 0.6 is 11.6 Å². The molecule has 0 fully saturated rings. The van der Waals surface area contributed by atoms with Crippen molar-refractivity contribution in [2.75, 3.05) is 6.54 Å². The average Bonchev–Trinajstić information content (AvgIpc) is 2.48. The molecule has 1 N–H and O–H groups in total. The molecule has 3 nitrogen and oxygen atoms in total. The monoisotopic (exact) mass is 342 g/mol.